The first-order valence-corrected chi connectivity index (χ1v) is 6.57. The van der Waals surface area contributed by atoms with Crippen LogP contribution in [0.3, 0.4) is 0 Å². The molecule has 0 saturated carbocycles. The standard InChI is InChI=1S/C14H14N2S/c1-10-4-3-5-14-13(10)6-7-16(14)8-12-9-17-11(2)15-12/h3-7,9H,8H2,1-2H3. The Morgan fingerprint density at radius 1 is 1.24 bits per heavy atom. The molecular weight excluding hydrogens is 228 g/mol. The molecule has 0 unspecified atom stereocenters. The molecule has 1 aromatic carbocycles. The molecule has 17 heavy (non-hydrogen) atoms. The predicted molar refractivity (Wildman–Crippen MR) is 72.6 cm³/mol. The third kappa shape index (κ3) is 1.87. The normalized spacial score (nSPS) is 11.2. The monoisotopic (exact) mass is 242 g/mol. The summed E-state index contributed by atoms with van der Waals surface area (Å²) in [7, 11) is 0. The number of hydrogen-bond donors (Lipinski definition) is 0. The van der Waals surface area contributed by atoms with Gasteiger partial charge in [-0.2, -0.15) is 0 Å². The first-order chi connectivity index (χ1) is 8.24. The van der Waals surface area contributed by atoms with E-state index in [-0.39, 0.29) is 0 Å². The van der Waals surface area contributed by atoms with Crippen molar-refractivity contribution >= 4 is 22.2 Å². The summed E-state index contributed by atoms with van der Waals surface area (Å²) in [6.07, 6.45) is 2.15. The average Bonchev–Trinajstić information content (AvgIpc) is 2.88. The van der Waals surface area contributed by atoms with E-state index < -0.39 is 0 Å². The largest absolute Gasteiger partial charge is 0.341 e. The molecular formula is C14H14N2S. The van der Waals surface area contributed by atoms with Crippen molar-refractivity contribution in [1.82, 2.24) is 9.55 Å². The Balaban J connectivity index is 2.04. The number of aromatic nitrogens is 2. The fourth-order valence-corrected chi connectivity index (χ4v) is 2.77. The van der Waals surface area contributed by atoms with Gasteiger partial charge in [-0.1, -0.05) is 12.1 Å². The minimum atomic E-state index is 0.858. The lowest BCUT2D eigenvalue weighted by molar-refractivity contribution is 0.811. The second-order valence-corrected chi connectivity index (χ2v) is 5.37. The third-order valence-electron chi connectivity index (χ3n) is 3.03. The number of hydrogen-bond acceptors (Lipinski definition) is 2. The second-order valence-electron chi connectivity index (χ2n) is 4.31. The number of thiazole rings is 1. The maximum Gasteiger partial charge on any atom is 0.0898 e. The molecule has 3 heteroatoms. The van der Waals surface area contributed by atoms with Crippen LogP contribution in [0.5, 0.6) is 0 Å². The maximum atomic E-state index is 4.51. The van der Waals surface area contributed by atoms with E-state index in [4.69, 9.17) is 0 Å². The molecule has 3 rings (SSSR count). The van der Waals surface area contributed by atoms with Crippen LogP contribution in [0.4, 0.5) is 0 Å². The van der Waals surface area contributed by atoms with Gasteiger partial charge in [0.15, 0.2) is 0 Å². The SMILES string of the molecule is Cc1nc(Cn2ccc3c(C)cccc32)cs1. The van der Waals surface area contributed by atoms with Gasteiger partial charge in [0.2, 0.25) is 0 Å². The minimum absolute atomic E-state index is 0.858. The Morgan fingerprint density at radius 3 is 2.88 bits per heavy atom. The number of benzene rings is 1. The Hall–Kier alpha value is -1.61. The second kappa shape index (κ2) is 4.00. The van der Waals surface area contributed by atoms with E-state index in [1.165, 1.54) is 16.5 Å². The van der Waals surface area contributed by atoms with Gasteiger partial charge in [0.25, 0.3) is 0 Å². The van der Waals surface area contributed by atoms with Crippen LogP contribution in [0.2, 0.25) is 0 Å². The highest BCUT2D eigenvalue weighted by Crippen LogP contribution is 2.20. The van der Waals surface area contributed by atoms with Gasteiger partial charge in [-0.05, 0) is 31.5 Å². The van der Waals surface area contributed by atoms with Gasteiger partial charge in [-0.3, -0.25) is 0 Å². The van der Waals surface area contributed by atoms with Gasteiger partial charge in [0.1, 0.15) is 0 Å². The quantitative estimate of drug-likeness (QED) is 0.669. The van der Waals surface area contributed by atoms with Gasteiger partial charge in [-0.15, -0.1) is 11.3 Å². The van der Waals surface area contributed by atoms with E-state index in [1.54, 1.807) is 11.3 Å². The zero-order valence-electron chi connectivity index (χ0n) is 9.97. The van der Waals surface area contributed by atoms with E-state index >= 15 is 0 Å². The van der Waals surface area contributed by atoms with Crippen molar-refractivity contribution in [2.75, 3.05) is 0 Å². The molecule has 2 heterocycles. The summed E-state index contributed by atoms with van der Waals surface area (Å²) < 4.78 is 2.26. The van der Waals surface area contributed by atoms with Gasteiger partial charge in [0.05, 0.1) is 17.2 Å². The molecule has 0 aliphatic heterocycles. The lowest BCUT2D eigenvalue weighted by Gasteiger charge is -2.03. The van der Waals surface area contributed by atoms with E-state index in [1.807, 2.05) is 6.92 Å². The Kier molecular flexibility index (Phi) is 2.48. The molecule has 0 N–H and O–H groups in total. The smallest absolute Gasteiger partial charge is 0.0898 e. The predicted octanol–water partition coefficient (Wildman–Crippen LogP) is 3.76. The summed E-state index contributed by atoms with van der Waals surface area (Å²) in [6, 6.07) is 8.62. The molecule has 0 spiro atoms. The van der Waals surface area contributed by atoms with Gasteiger partial charge in [-0.25, -0.2) is 4.98 Å². The number of nitrogens with zero attached hydrogens (tertiary/aromatic N) is 2. The number of rotatable bonds is 2. The Bertz CT molecular complexity index is 664. The molecule has 0 amide bonds. The molecule has 0 atom stereocenters. The van der Waals surface area contributed by atoms with E-state index in [0.29, 0.717) is 0 Å². The summed E-state index contributed by atoms with van der Waals surface area (Å²) in [5.74, 6) is 0. The van der Waals surface area contributed by atoms with E-state index in [0.717, 1.165) is 17.2 Å². The fourth-order valence-electron chi connectivity index (χ4n) is 2.17. The van der Waals surface area contributed by atoms with Crippen molar-refractivity contribution in [3.8, 4) is 0 Å². The van der Waals surface area contributed by atoms with Crippen molar-refractivity contribution in [2.45, 2.75) is 20.4 Å². The lowest BCUT2D eigenvalue weighted by atomic mass is 10.1. The van der Waals surface area contributed by atoms with Gasteiger partial charge < -0.3 is 4.57 Å². The van der Waals surface area contributed by atoms with Crippen LogP contribution in [0, 0.1) is 13.8 Å². The summed E-state index contributed by atoms with van der Waals surface area (Å²) in [5, 5.41) is 4.60. The first kappa shape index (κ1) is 10.5. The summed E-state index contributed by atoms with van der Waals surface area (Å²) in [5.41, 5.74) is 3.76. The van der Waals surface area contributed by atoms with E-state index in [9.17, 15) is 0 Å². The van der Waals surface area contributed by atoms with Crippen LogP contribution in [0.25, 0.3) is 10.9 Å². The highest BCUT2D eigenvalue weighted by Gasteiger charge is 2.05. The van der Waals surface area contributed by atoms with Crippen molar-refractivity contribution in [2.24, 2.45) is 0 Å². The maximum absolute atomic E-state index is 4.51. The number of aryl methyl sites for hydroxylation is 2. The first-order valence-electron chi connectivity index (χ1n) is 5.69. The van der Waals surface area contributed by atoms with Crippen molar-refractivity contribution in [1.29, 1.82) is 0 Å². The molecule has 3 aromatic rings. The fraction of sp³-hybridized carbons (Fsp3) is 0.214. The third-order valence-corrected chi connectivity index (χ3v) is 3.85. The Labute approximate surface area is 105 Å². The van der Waals surface area contributed by atoms with Crippen molar-refractivity contribution < 1.29 is 0 Å². The van der Waals surface area contributed by atoms with Crippen LogP contribution in [0.1, 0.15) is 16.3 Å². The zero-order valence-corrected chi connectivity index (χ0v) is 10.8. The highest BCUT2D eigenvalue weighted by atomic mass is 32.1. The molecule has 2 aromatic heterocycles. The van der Waals surface area contributed by atoms with Crippen molar-refractivity contribution in [3.63, 3.8) is 0 Å². The van der Waals surface area contributed by atoms with Crippen LogP contribution in [-0.2, 0) is 6.54 Å². The van der Waals surface area contributed by atoms with Crippen molar-refractivity contribution in [3.05, 3.63) is 52.1 Å². The highest BCUT2D eigenvalue weighted by molar-refractivity contribution is 7.09. The van der Waals surface area contributed by atoms with Crippen LogP contribution in [-0.4, -0.2) is 9.55 Å². The molecule has 0 fully saturated rings. The molecule has 0 radical (unpaired) electrons. The lowest BCUT2D eigenvalue weighted by Crippen LogP contribution is -1.98. The molecule has 0 bridgehead atoms. The topological polar surface area (TPSA) is 17.8 Å². The molecule has 0 aliphatic carbocycles. The summed E-state index contributed by atoms with van der Waals surface area (Å²) in [4.78, 5) is 4.51. The average molecular weight is 242 g/mol. The summed E-state index contributed by atoms with van der Waals surface area (Å²) >= 11 is 1.71. The zero-order chi connectivity index (χ0) is 11.8. The molecule has 0 saturated heterocycles. The Morgan fingerprint density at radius 2 is 2.12 bits per heavy atom. The van der Waals surface area contributed by atoms with Gasteiger partial charge >= 0.3 is 0 Å². The molecule has 0 aliphatic rings. The number of fused-ring (bicyclic) bond motifs is 1. The van der Waals surface area contributed by atoms with Crippen LogP contribution in [0.15, 0.2) is 35.8 Å². The molecule has 86 valence electrons. The van der Waals surface area contributed by atoms with Gasteiger partial charge in [0, 0.05) is 22.5 Å². The van der Waals surface area contributed by atoms with Crippen LogP contribution >= 0.6 is 11.3 Å². The summed E-state index contributed by atoms with van der Waals surface area (Å²) in [6.45, 7) is 5.06. The van der Waals surface area contributed by atoms with Crippen LogP contribution < -0.4 is 0 Å². The van der Waals surface area contributed by atoms with E-state index in [2.05, 4.69) is 52.3 Å². The molecule has 2 nitrogen and oxygen atoms in total. The minimum Gasteiger partial charge on any atom is -0.341 e.